The van der Waals surface area contributed by atoms with Crippen molar-refractivity contribution in [2.24, 2.45) is 0 Å². The second-order valence-corrected chi connectivity index (χ2v) is 6.48. The van der Waals surface area contributed by atoms with E-state index in [1.165, 1.54) is 0 Å². The van der Waals surface area contributed by atoms with Gasteiger partial charge in [0.05, 0.1) is 17.8 Å². The number of hydrogen-bond acceptors (Lipinski definition) is 4. The molecule has 1 aromatic carbocycles. The van der Waals surface area contributed by atoms with E-state index < -0.39 is 6.04 Å². The molecular formula is C19H30N4O2. The summed E-state index contributed by atoms with van der Waals surface area (Å²) in [6, 6.07) is 6.99. The lowest BCUT2D eigenvalue weighted by molar-refractivity contribution is -0.125. The van der Waals surface area contributed by atoms with Crippen LogP contribution in [0.3, 0.4) is 0 Å². The van der Waals surface area contributed by atoms with Crippen molar-refractivity contribution in [3.63, 3.8) is 0 Å². The van der Waals surface area contributed by atoms with Crippen molar-refractivity contribution in [3.8, 4) is 0 Å². The predicted molar refractivity (Wildman–Crippen MR) is 102 cm³/mol. The first-order valence-electron chi connectivity index (χ1n) is 9.29. The summed E-state index contributed by atoms with van der Waals surface area (Å²) in [4.78, 5) is 26.6. The molecule has 1 aliphatic rings. The van der Waals surface area contributed by atoms with Crippen LogP contribution in [0.4, 0.5) is 11.4 Å². The zero-order valence-corrected chi connectivity index (χ0v) is 15.3. The summed E-state index contributed by atoms with van der Waals surface area (Å²) in [5, 5.41) is 8.90. The first kappa shape index (κ1) is 19.2. The standard InChI is InChI=1S/C19H30N4O2/c1-3-11-23(12-4-2)13-7-10-20-18(24)14-17-19(25)22-16-9-6-5-8-15(16)21-17/h5-6,8-9,17,21H,3-4,7,10-14H2,1-2H3,(H,20,24)(H,22,25). The number of para-hydroxylation sites is 2. The minimum Gasteiger partial charge on any atom is -0.372 e. The van der Waals surface area contributed by atoms with Gasteiger partial charge in [0.2, 0.25) is 11.8 Å². The van der Waals surface area contributed by atoms with E-state index in [-0.39, 0.29) is 18.2 Å². The summed E-state index contributed by atoms with van der Waals surface area (Å²) in [6.45, 7) is 8.22. The number of amides is 2. The maximum absolute atomic E-state index is 12.1. The fourth-order valence-electron chi connectivity index (χ4n) is 3.09. The van der Waals surface area contributed by atoms with Crippen molar-refractivity contribution in [2.45, 2.75) is 45.6 Å². The number of hydrogen-bond donors (Lipinski definition) is 3. The van der Waals surface area contributed by atoms with Gasteiger partial charge in [0.1, 0.15) is 6.04 Å². The van der Waals surface area contributed by atoms with Crippen LogP contribution in [0.15, 0.2) is 24.3 Å². The summed E-state index contributed by atoms with van der Waals surface area (Å²) in [5.74, 6) is -0.254. The number of nitrogens with one attached hydrogen (secondary N) is 3. The molecule has 0 radical (unpaired) electrons. The molecule has 1 aromatic rings. The highest BCUT2D eigenvalue weighted by Crippen LogP contribution is 2.26. The Balaban J connectivity index is 1.71. The van der Waals surface area contributed by atoms with Crippen LogP contribution < -0.4 is 16.0 Å². The third kappa shape index (κ3) is 6.05. The van der Waals surface area contributed by atoms with Gasteiger partial charge in [-0.15, -0.1) is 0 Å². The average Bonchev–Trinajstić information content (AvgIpc) is 2.59. The van der Waals surface area contributed by atoms with Crippen molar-refractivity contribution in [2.75, 3.05) is 36.8 Å². The molecule has 1 heterocycles. The van der Waals surface area contributed by atoms with E-state index in [0.717, 1.165) is 50.3 Å². The zero-order valence-electron chi connectivity index (χ0n) is 15.3. The number of anilines is 2. The van der Waals surface area contributed by atoms with Gasteiger partial charge in [0, 0.05) is 6.54 Å². The van der Waals surface area contributed by atoms with E-state index in [2.05, 4.69) is 34.7 Å². The lowest BCUT2D eigenvalue weighted by atomic mass is 10.1. The van der Waals surface area contributed by atoms with Crippen LogP contribution in [0.2, 0.25) is 0 Å². The van der Waals surface area contributed by atoms with Gasteiger partial charge in [-0.25, -0.2) is 0 Å². The van der Waals surface area contributed by atoms with Gasteiger partial charge < -0.3 is 20.9 Å². The van der Waals surface area contributed by atoms with Crippen LogP contribution in [0.25, 0.3) is 0 Å². The lowest BCUT2D eigenvalue weighted by Gasteiger charge is -2.26. The highest BCUT2D eigenvalue weighted by Gasteiger charge is 2.27. The number of benzene rings is 1. The Morgan fingerprint density at radius 1 is 1.12 bits per heavy atom. The van der Waals surface area contributed by atoms with Crippen LogP contribution in [0.5, 0.6) is 0 Å². The Labute approximate surface area is 150 Å². The van der Waals surface area contributed by atoms with Gasteiger partial charge in [-0.3, -0.25) is 9.59 Å². The first-order valence-corrected chi connectivity index (χ1v) is 9.29. The van der Waals surface area contributed by atoms with Crippen LogP contribution >= 0.6 is 0 Å². The third-order valence-electron chi connectivity index (χ3n) is 4.27. The molecule has 138 valence electrons. The fraction of sp³-hybridized carbons (Fsp3) is 0.579. The van der Waals surface area contributed by atoms with Gasteiger partial charge in [-0.2, -0.15) is 0 Å². The Bertz CT molecular complexity index is 570. The van der Waals surface area contributed by atoms with Gasteiger partial charge in [0.25, 0.3) is 0 Å². The SMILES string of the molecule is CCCN(CCC)CCCNC(=O)CC1Nc2ccccc2NC1=O. The molecule has 0 aliphatic carbocycles. The second kappa shape index (κ2) is 10.0. The lowest BCUT2D eigenvalue weighted by Crippen LogP contribution is -2.42. The molecule has 6 heteroatoms. The third-order valence-corrected chi connectivity index (χ3v) is 4.27. The summed E-state index contributed by atoms with van der Waals surface area (Å²) in [7, 11) is 0. The van der Waals surface area contributed by atoms with E-state index in [4.69, 9.17) is 0 Å². The molecule has 0 saturated carbocycles. The molecule has 0 spiro atoms. The highest BCUT2D eigenvalue weighted by atomic mass is 16.2. The number of fused-ring (bicyclic) bond motifs is 1. The number of carbonyl (C=O) groups is 2. The summed E-state index contributed by atoms with van der Waals surface area (Å²) in [6.07, 6.45) is 3.37. The smallest absolute Gasteiger partial charge is 0.247 e. The molecular weight excluding hydrogens is 316 g/mol. The van der Waals surface area contributed by atoms with E-state index in [9.17, 15) is 9.59 Å². The van der Waals surface area contributed by atoms with E-state index in [1.54, 1.807) is 0 Å². The molecule has 2 amide bonds. The van der Waals surface area contributed by atoms with E-state index >= 15 is 0 Å². The minimum absolute atomic E-state index is 0.0930. The zero-order chi connectivity index (χ0) is 18.1. The Morgan fingerprint density at radius 3 is 2.48 bits per heavy atom. The van der Waals surface area contributed by atoms with E-state index in [1.807, 2.05) is 24.3 Å². The summed E-state index contributed by atoms with van der Waals surface area (Å²) >= 11 is 0. The highest BCUT2D eigenvalue weighted by molar-refractivity contribution is 6.04. The van der Waals surface area contributed by atoms with Gasteiger partial charge in [-0.05, 0) is 51.0 Å². The van der Waals surface area contributed by atoms with Crippen LogP contribution in [0.1, 0.15) is 39.5 Å². The van der Waals surface area contributed by atoms with Crippen molar-refractivity contribution in [1.29, 1.82) is 0 Å². The maximum Gasteiger partial charge on any atom is 0.247 e. The Hall–Kier alpha value is -2.08. The molecule has 0 aromatic heterocycles. The topological polar surface area (TPSA) is 73.5 Å². The predicted octanol–water partition coefficient (Wildman–Crippen LogP) is 2.44. The molecule has 2 rings (SSSR count). The molecule has 1 aliphatic heterocycles. The van der Waals surface area contributed by atoms with Crippen LogP contribution in [-0.2, 0) is 9.59 Å². The summed E-state index contributed by atoms with van der Waals surface area (Å²) < 4.78 is 0. The average molecular weight is 346 g/mol. The normalized spacial score (nSPS) is 16.1. The maximum atomic E-state index is 12.1. The molecule has 0 bridgehead atoms. The largest absolute Gasteiger partial charge is 0.372 e. The van der Waals surface area contributed by atoms with Crippen LogP contribution in [-0.4, -0.2) is 48.9 Å². The monoisotopic (exact) mass is 346 g/mol. The first-order chi connectivity index (χ1) is 12.1. The van der Waals surface area contributed by atoms with Gasteiger partial charge >= 0.3 is 0 Å². The van der Waals surface area contributed by atoms with Crippen molar-refractivity contribution in [1.82, 2.24) is 10.2 Å². The number of rotatable bonds is 10. The van der Waals surface area contributed by atoms with Gasteiger partial charge in [0.15, 0.2) is 0 Å². The quantitative estimate of drug-likeness (QED) is 0.569. The molecule has 0 saturated heterocycles. The van der Waals surface area contributed by atoms with Crippen molar-refractivity contribution < 1.29 is 9.59 Å². The minimum atomic E-state index is -0.522. The fourth-order valence-corrected chi connectivity index (χ4v) is 3.09. The van der Waals surface area contributed by atoms with E-state index in [0.29, 0.717) is 6.54 Å². The number of nitrogens with zero attached hydrogens (tertiary/aromatic N) is 1. The molecule has 0 fully saturated rings. The second-order valence-electron chi connectivity index (χ2n) is 6.48. The molecule has 6 nitrogen and oxygen atoms in total. The Morgan fingerprint density at radius 2 is 1.80 bits per heavy atom. The summed E-state index contributed by atoms with van der Waals surface area (Å²) in [5.41, 5.74) is 1.62. The Kier molecular flexibility index (Phi) is 7.73. The van der Waals surface area contributed by atoms with Crippen molar-refractivity contribution >= 4 is 23.2 Å². The molecule has 1 atom stereocenters. The van der Waals surface area contributed by atoms with Crippen molar-refractivity contribution in [3.05, 3.63) is 24.3 Å². The molecule has 1 unspecified atom stereocenters. The van der Waals surface area contributed by atoms with Gasteiger partial charge in [-0.1, -0.05) is 26.0 Å². The van der Waals surface area contributed by atoms with Crippen LogP contribution in [0, 0.1) is 0 Å². The molecule has 3 N–H and O–H groups in total. The number of carbonyl (C=O) groups excluding carboxylic acids is 2. The molecule has 25 heavy (non-hydrogen) atoms.